The Labute approximate surface area is 113 Å². The van der Waals surface area contributed by atoms with Gasteiger partial charge in [-0.15, -0.1) is 0 Å². The van der Waals surface area contributed by atoms with Crippen molar-refractivity contribution in [2.24, 2.45) is 0 Å². The average molecular weight is 290 g/mol. The first-order valence-corrected chi connectivity index (χ1v) is 7.25. The number of rotatable bonds is 6. The highest BCUT2D eigenvalue weighted by atomic mass is 32.2. The molecule has 0 saturated heterocycles. The quantitative estimate of drug-likeness (QED) is 0.872. The highest BCUT2D eigenvalue weighted by Gasteiger charge is 2.23. The molecule has 19 heavy (non-hydrogen) atoms. The topological polar surface area (TPSA) is 54.4 Å². The molecule has 0 radical (unpaired) electrons. The van der Waals surface area contributed by atoms with Gasteiger partial charge in [0, 0.05) is 11.3 Å². The van der Waals surface area contributed by atoms with Crippen LogP contribution in [0.5, 0.6) is 0 Å². The molecule has 6 heteroatoms. The van der Waals surface area contributed by atoms with E-state index in [1.54, 1.807) is 0 Å². The van der Waals surface area contributed by atoms with Crippen molar-refractivity contribution in [3.05, 3.63) is 28.8 Å². The van der Waals surface area contributed by atoms with E-state index in [1.165, 1.54) is 6.92 Å². The lowest BCUT2D eigenvalue weighted by Gasteiger charge is -2.13. The summed E-state index contributed by atoms with van der Waals surface area (Å²) >= 11 is 0. The van der Waals surface area contributed by atoms with E-state index >= 15 is 0 Å². The molecule has 0 fully saturated rings. The Hall–Kier alpha value is -1.30. The molecule has 0 bridgehead atoms. The van der Waals surface area contributed by atoms with Crippen molar-refractivity contribution in [1.29, 1.82) is 0 Å². The van der Waals surface area contributed by atoms with Crippen LogP contribution in [0.15, 0.2) is 17.0 Å². The van der Waals surface area contributed by atoms with Gasteiger partial charge in [0.15, 0.2) is 0 Å². The van der Waals surface area contributed by atoms with Crippen LogP contribution in [-0.4, -0.2) is 21.0 Å². The first-order chi connectivity index (χ1) is 8.90. The minimum Gasteiger partial charge on any atom is -0.478 e. The maximum Gasteiger partial charge on any atom is 0.335 e. The fraction of sp³-hybridized carbons (Fsp3) is 0.462. The fourth-order valence-corrected chi connectivity index (χ4v) is 3.42. The number of alkyl halides is 2. The molecule has 0 unspecified atom stereocenters. The molecule has 0 aromatic heterocycles. The van der Waals surface area contributed by atoms with Crippen LogP contribution in [0, 0.1) is 6.92 Å². The third-order valence-electron chi connectivity index (χ3n) is 2.81. The van der Waals surface area contributed by atoms with Gasteiger partial charge >= 0.3 is 5.97 Å². The van der Waals surface area contributed by atoms with Crippen molar-refractivity contribution >= 4 is 16.8 Å². The highest BCUT2D eigenvalue weighted by molar-refractivity contribution is 7.85. The van der Waals surface area contributed by atoms with Crippen LogP contribution in [0.4, 0.5) is 8.78 Å². The molecule has 1 rings (SSSR count). The Morgan fingerprint density at radius 2 is 2.05 bits per heavy atom. The Morgan fingerprint density at radius 3 is 2.53 bits per heavy atom. The third-order valence-corrected chi connectivity index (χ3v) is 4.47. The molecule has 1 aromatic carbocycles. The smallest absolute Gasteiger partial charge is 0.335 e. The van der Waals surface area contributed by atoms with Crippen molar-refractivity contribution in [2.75, 3.05) is 5.75 Å². The normalized spacial score (nSPS) is 12.7. The van der Waals surface area contributed by atoms with Crippen LogP contribution in [0.2, 0.25) is 0 Å². The van der Waals surface area contributed by atoms with Crippen LogP contribution in [0.1, 0.15) is 47.7 Å². The third kappa shape index (κ3) is 3.59. The number of carboxylic acids is 1. The van der Waals surface area contributed by atoms with E-state index in [4.69, 9.17) is 5.11 Å². The molecule has 0 spiro atoms. The summed E-state index contributed by atoms with van der Waals surface area (Å²) in [6.07, 6.45) is -1.32. The summed E-state index contributed by atoms with van der Waals surface area (Å²) in [5, 5.41) is 8.99. The Kier molecular flexibility index (Phi) is 5.60. The van der Waals surface area contributed by atoms with Gasteiger partial charge in [0.25, 0.3) is 6.43 Å². The van der Waals surface area contributed by atoms with E-state index in [0.717, 1.165) is 18.6 Å². The van der Waals surface area contributed by atoms with Gasteiger partial charge in [-0.3, -0.25) is 4.21 Å². The van der Waals surface area contributed by atoms with E-state index in [0.29, 0.717) is 6.42 Å². The molecule has 0 aliphatic heterocycles. The highest BCUT2D eigenvalue weighted by Crippen LogP contribution is 2.30. The van der Waals surface area contributed by atoms with Crippen molar-refractivity contribution in [1.82, 2.24) is 0 Å². The van der Waals surface area contributed by atoms with Gasteiger partial charge < -0.3 is 5.11 Å². The summed E-state index contributed by atoms with van der Waals surface area (Å²) < 4.78 is 38.0. The van der Waals surface area contributed by atoms with Gasteiger partial charge in [-0.05, 0) is 25.0 Å². The molecule has 0 aliphatic carbocycles. The lowest BCUT2D eigenvalue weighted by atomic mass is 10.1. The van der Waals surface area contributed by atoms with Gasteiger partial charge in [0.1, 0.15) is 0 Å². The van der Waals surface area contributed by atoms with Crippen LogP contribution in [0.3, 0.4) is 0 Å². The fourth-order valence-electron chi connectivity index (χ4n) is 1.80. The Balaban J connectivity index is 3.34. The van der Waals surface area contributed by atoms with Gasteiger partial charge in [0.05, 0.1) is 21.3 Å². The minimum atomic E-state index is -2.76. The first-order valence-electron chi connectivity index (χ1n) is 5.93. The predicted octanol–water partition coefficient (Wildman–Crippen LogP) is 3.54. The number of carbonyl (C=O) groups is 1. The maximum atomic E-state index is 12.9. The summed E-state index contributed by atoms with van der Waals surface area (Å²) in [6.45, 7) is 3.33. The number of unbranched alkanes of at least 4 members (excludes halogenated alkanes) is 1. The molecular formula is C13H16F2O3S. The van der Waals surface area contributed by atoms with E-state index in [-0.39, 0.29) is 27.3 Å². The van der Waals surface area contributed by atoms with Gasteiger partial charge in [-0.2, -0.15) is 0 Å². The van der Waals surface area contributed by atoms with Gasteiger partial charge in [-0.25, -0.2) is 13.6 Å². The maximum absolute atomic E-state index is 12.9. The Bertz CT molecular complexity index is 501. The molecule has 106 valence electrons. The second kappa shape index (κ2) is 6.75. The number of benzene rings is 1. The van der Waals surface area contributed by atoms with Crippen LogP contribution in [0.25, 0.3) is 0 Å². The van der Waals surface area contributed by atoms with E-state index < -0.39 is 23.2 Å². The van der Waals surface area contributed by atoms with Crippen LogP contribution < -0.4 is 0 Å². The zero-order valence-electron chi connectivity index (χ0n) is 10.8. The lowest BCUT2D eigenvalue weighted by Crippen LogP contribution is -2.10. The van der Waals surface area contributed by atoms with Crippen molar-refractivity contribution in [2.45, 2.75) is 38.0 Å². The second-order valence-electron chi connectivity index (χ2n) is 4.17. The molecule has 3 nitrogen and oxygen atoms in total. The molecule has 0 amide bonds. The summed E-state index contributed by atoms with van der Waals surface area (Å²) in [7, 11) is -1.60. The van der Waals surface area contributed by atoms with E-state index in [2.05, 4.69) is 0 Å². The molecule has 0 saturated carbocycles. The van der Waals surface area contributed by atoms with E-state index in [9.17, 15) is 17.8 Å². The predicted molar refractivity (Wildman–Crippen MR) is 69.3 cm³/mol. The molecular weight excluding hydrogens is 274 g/mol. The number of halogens is 2. The van der Waals surface area contributed by atoms with Gasteiger partial charge in [0.2, 0.25) is 0 Å². The molecule has 0 aliphatic rings. The number of aromatic carboxylic acids is 1. The Morgan fingerprint density at radius 1 is 1.42 bits per heavy atom. The van der Waals surface area contributed by atoms with Crippen LogP contribution in [-0.2, 0) is 10.8 Å². The van der Waals surface area contributed by atoms with Crippen LogP contribution >= 0.6 is 0 Å². The number of hydrogen-bond acceptors (Lipinski definition) is 2. The zero-order valence-corrected chi connectivity index (χ0v) is 11.6. The average Bonchev–Trinajstić information content (AvgIpc) is 2.34. The molecule has 1 aromatic rings. The summed E-state index contributed by atoms with van der Waals surface area (Å²) in [5.41, 5.74) is -0.249. The van der Waals surface area contributed by atoms with Crippen molar-refractivity contribution < 1.29 is 22.9 Å². The molecule has 0 heterocycles. The zero-order chi connectivity index (χ0) is 14.6. The minimum absolute atomic E-state index is 0.0247. The van der Waals surface area contributed by atoms with Crippen molar-refractivity contribution in [3.8, 4) is 0 Å². The van der Waals surface area contributed by atoms with Gasteiger partial charge in [-0.1, -0.05) is 19.4 Å². The largest absolute Gasteiger partial charge is 0.478 e. The lowest BCUT2D eigenvalue weighted by molar-refractivity contribution is 0.0695. The monoisotopic (exact) mass is 290 g/mol. The molecule has 1 atom stereocenters. The van der Waals surface area contributed by atoms with E-state index in [1.807, 2.05) is 6.92 Å². The SMILES string of the molecule is CCCC[S@](=O)c1c(C(F)F)ccc(C(=O)O)c1C. The summed E-state index contributed by atoms with van der Waals surface area (Å²) in [5.74, 6) is -0.938. The second-order valence-corrected chi connectivity index (χ2v) is 5.67. The summed E-state index contributed by atoms with van der Waals surface area (Å²) in [6, 6.07) is 2.19. The van der Waals surface area contributed by atoms with Crippen molar-refractivity contribution in [3.63, 3.8) is 0 Å². The summed E-state index contributed by atoms with van der Waals surface area (Å²) in [4.78, 5) is 11.0. The molecule has 1 N–H and O–H groups in total. The standard InChI is InChI=1S/C13H16F2O3S/c1-3-4-7-19(18)11-8(2)9(13(16)17)5-6-10(11)12(14)15/h5-6,12H,3-4,7H2,1-2H3,(H,16,17)/t19-/m0/s1. The number of carboxylic acid groups (broad SMARTS) is 1. The number of hydrogen-bond donors (Lipinski definition) is 1. The first kappa shape index (κ1) is 15.8.